The molecule has 0 aliphatic rings. The van der Waals surface area contributed by atoms with Crippen molar-refractivity contribution in [2.24, 2.45) is 0 Å². The van der Waals surface area contributed by atoms with E-state index in [0.717, 1.165) is 29.8 Å². The zero-order valence-electron chi connectivity index (χ0n) is 24.2. The fourth-order valence-corrected chi connectivity index (χ4v) is 5.06. The minimum atomic E-state index is -0.503. The van der Waals surface area contributed by atoms with E-state index in [0.29, 0.717) is 28.7 Å². The molecular weight excluding hydrogens is 502 g/mol. The largest absolute Gasteiger partial charge is 0.508 e. The van der Waals surface area contributed by atoms with Crippen molar-refractivity contribution in [2.75, 3.05) is 31.3 Å². The van der Waals surface area contributed by atoms with Crippen LogP contribution in [0, 0.1) is 0 Å². The number of aryl methyl sites for hydroxylation is 1. The number of phenolic OH excluding ortho intramolecular Hbond substituents is 1. The number of carbonyl (C=O) groups is 1. The van der Waals surface area contributed by atoms with Gasteiger partial charge in [0.2, 0.25) is 0 Å². The molecule has 0 aliphatic carbocycles. The van der Waals surface area contributed by atoms with Crippen LogP contribution in [0.25, 0.3) is 22.2 Å². The van der Waals surface area contributed by atoms with E-state index < -0.39 is 6.03 Å². The Balaban J connectivity index is 1.87. The maximum absolute atomic E-state index is 14.1. The number of para-hydroxylation sites is 1. The van der Waals surface area contributed by atoms with Gasteiger partial charge in [-0.1, -0.05) is 58.0 Å². The number of carbonyl (C=O) groups excluding carboxylic acids is 1. The Morgan fingerprint density at radius 1 is 0.950 bits per heavy atom. The van der Waals surface area contributed by atoms with Crippen molar-refractivity contribution >= 4 is 28.4 Å². The van der Waals surface area contributed by atoms with Crippen LogP contribution in [0.3, 0.4) is 0 Å². The summed E-state index contributed by atoms with van der Waals surface area (Å²) in [5, 5.41) is 16.9. The number of anilines is 2. The molecule has 8 nitrogen and oxygen atoms in total. The third kappa shape index (κ3) is 6.18. The van der Waals surface area contributed by atoms with Crippen LogP contribution in [-0.2, 0) is 6.54 Å². The number of fused-ring (bicyclic) bond motifs is 1. The van der Waals surface area contributed by atoms with E-state index in [1.165, 1.54) is 0 Å². The molecule has 4 rings (SSSR count). The van der Waals surface area contributed by atoms with Gasteiger partial charge < -0.3 is 20.6 Å². The highest BCUT2D eigenvalue weighted by Crippen LogP contribution is 2.36. The number of hydrogen-bond acceptors (Lipinski definition) is 5. The quantitative estimate of drug-likeness (QED) is 0.221. The zero-order valence-corrected chi connectivity index (χ0v) is 24.2. The molecule has 4 aromatic rings. The first-order valence-corrected chi connectivity index (χ1v) is 13.7. The van der Waals surface area contributed by atoms with Crippen LogP contribution in [0.15, 0.2) is 65.6 Å². The summed E-state index contributed by atoms with van der Waals surface area (Å²) < 4.78 is 1.63. The number of nitrogens with one attached hydrogen (secondary N) is 2. The standard InChI is InChI=1S/C32H39N5O3/c1-20(2)24-13-8-14-25(21(3)4)28(24)34-32(40)35-29-27(22-11-7-12-23(38)19-22)26-15-9-16-33-30(26)37(31(29)39)18-10-17-36(5)6/h7-9,11-16,19-21,38H,10,17-18H2,1-6H3,(H2,34,35,40). The molecule has 2 aromatic heterocycles. The Bertz CT molecular complexity index is 1550. The Labute approximate surface area is 235 Å². The van der Waals surface area contributed by atoms with Crippen LogP contribution in [0.2, 0.25) is 0 Å². The molecule has 210 valence electrons. The van der Waals surface area contributed by atoms with Crippen molar-refractivity contribution < 1.29 is 9.90 Å². The second kappa shape index (κ2) is 12.3. The fraction of sp³-hybridized carbons (Fsp3) is 0.344. The Kier molecular flexibility index (Phi) is 8.90. The molecule has 0 saturated carbocycles. The number of amides is 2. The monoisotopic (exact) mass is 541 g/mol. The van der Waals surface area contributed by atoms with Crippen LogP contribution in [-0.4, -0.2) is 46.2 Å². The molecule has 0 spiro atoms. The van der Waals surface area contributed by atoms with E-state index in [1.54, 1.807) is 35.0 Å². The normalized spacial score (nSPS) is 11.5. The number of urea groups is 1. The molecular formula is C32H39N5O3. The molecule has 0 saturated heterocycles. The van der Waals surface area contributed by atoms with Crippen molar-refractivity contribution in [3.8, 4) is 16.9 Å². The van der Waals surface area contributed by atoms with Crippen LogP contribution in [0.1, 0.15) is 57.1 Å². The summed E-state index contributed by atoms with van der Waals surface area (Å²) in [5.41, 5.74) is 4.26. The van der Waals surface area contributed by atoms with E-state index in [9.17, 15) is 14.7 Å². The first-order valence-electron chi connectivity index (χ1n) is 13.7. The van der Waals surface area contributed by atoms with Crippen molar-refractivity contribution in [1.82, 2.24) is 14.5 Å². The molecule has 8 heteroatoms. The molecule has 40 heavy (non-hydrogen) atoms. The van der Waals surface area contributed by atoms with Crippen LogP contribution in [0.5, 0.6) is 5.75 Å². The first kappa shape index (κ1) is 28.8. The summed E-state index contributed by atoms with van der Waals surface area (Å²) in [7, 11) is 3.98. The van der Waals surface area contributed by atoms with Crippen molar-refractivity contribution in [1.29, 1.82) is 0 Å². The minimum Gasteiger partial charge on any atom is -0.508 e. The molecule has 2 amide bonds. The molecule has 2 aromatic carbocycles. The predicted octanol–water partition coefficient (Wildman–Crippen LogP) is 6.61. The van der Waals surface area contributed by atoms with Crippen molar-refractivity contribution in [2.45, 2.75) is 52.5 Å². The summed E-state index contributed by atoms with van der Waals surface area (Å²) in [5.74, 6) is 0.447. The second-order valence-corrected chi connectivity index (χ2v) is 11.0. The van der Waals surface area contributed by atoms with Crippen LogP contribution in [0.4, 0.5) is 16.2 Å². The molecule has 0 aliphatic heterocycles. The summed E-state index contributed by atoms with van der Waals surface area (Å²) in [6.45, 7) is 9.59. The molecule has 3 N–H and O–H groups in total. The molecule has 0 bridgehead atoms. The van der Waals surface area contributed by atoms with E-state index >= 15 is 0 Å². The number of nitrogens with zero attached hydrogens (tertiary/aromatic N) is 3. The number of hydrogen-bond donors (Lipinski definition) is 3. The Morgan fingerprint density at radius 3 is 2.23 bits per heavy atom. The van der Waals surface area contributed by atoms with Gasteiger partial charge in [0.05, 0.1) is 0 Å². The molecule has 0 unspecified atom stereocenters. The van der Waals surface area contributed by atoms with Crippen molar-refractivity contribution in [3.63, 3.8) is 0 Å². The van der Waals surface area contributed by atoms with E-state index in [-0.39, 0.29) is 28.8 Å². The number of phenols is 1. The highest BCUT2D eigenvalue weighted by atomic mass is 16.3. The summed E-state index contributed by atoms with van der Waals surface area (Å²) >= 11 is 0. The topological polar surface area (TPSA) is 99.5 Å². The van der Waals surface area contributed by atoms with Crippen LogP contribution >= 0.6 is 0 Å². The van der Waals surface area contributed by atoms with Crippen LogP contribution < -0.4 is 16.2 Å². The molecule has 0 fully saturated rings. The summed E-state index contributed by atoms with van der Waals surface area (Å²) in [6, 6.07) is 15.9. The number of benzene rings is 2. The smallest absolute Gasteiger partial charge is 0.323 e. The lowest BCUT2D eigenvalue weighted by molar-refractivity contribution is 0.262. The Morgan fingerprint density at radius 2 is 1.60 bits per heavy atom. The number of rotatable bonds is 9. The lowest BCUT2D eigenvalue weighted by Gasteiger charge is -2.22. The SMILES string of the molecule is CC(C)c1cccc(C(C)C)c1NC(=O)Nc1c(-c2cccc(O)c2)c2cccnc2n(CCCN(C)C)c1=O. The zero-order chi connectivity index (χ0) is 29.0. The number of pyridine rings is 2. The third-order valence-corrected chi connectivity index (χ3v) is 6.99. The van der Waals surface area contributed by atoms with Crippen molar-refractivity contribution in [3.05, 3.63) is 82.3 Å². The van der Waals surface area contributed by atoms with E-state index in [1.807, 2.05) is 44.4 Å². The maximum Gasteiger partial charge on any atom is 0.323 e. The first-order chi connectivity index (χ1) is 19.1. The van der Waals surface area contributed by atoms with Gasteiger partial charge in [-0.15, -0.1) is 0 Å². The van der Waals surface area contributed by atoms with Gasteiger partial charge in [-0.25, -0.2) is 9.78 Å². The maximum atomic E-state index is 14.1. The van der Waals surface area contributed by atoms with Gasteiger partial charge in [-0.3, -0.25) is 9.36 Å². The van der Waals surface area contributed by atoms with Gasteiger partial charge in [0.25, 0.3) is 5.56 Å². The summed E-state index contributed by atoms with van der Waals surface area (Å²) in [4.78, 5) is 34.3. The minimum absolute atomic E-state index is 0.0625. The average Bonchev–Trinajstić information content (AvgIpc) is 2.90. The lowest BCUT2D eigenvalue weighted by Crippen LogP contribution is -2.31. The highest BCUT2D eigenvalue weighted by molar-refractivity contribution is 6.07. The highest BCUT2D eigenvalue weighted by Gasteiger charge is 2.22. The number of aromatic nitrogens is 2. The summed E-state index contributed by atoms with van der Waals surface area (Å²) in [6.07, 6.45) is 2.39. The van der Waals surface area contributed by atoms with E-state index in [2.05, 4.69) is 48.2 Å². The Hall–Kier alpha value is -4.17. The van der Waals surface area contributed by atoms with Gasteiger partial charge in [0.15, 0.2) is 0 Å². The van der Waals surface area contributed by atoms with Gasteiger partial charge in [-0.05, 0) is 79.9 Å². The van der Waals surface area contributed by atoms with Gasteiger partial charge in [-0.2, -0.15) is 0 Å². The lowest BCUT2D eigenvalue weighted by atomic mass is 9.93. The van der Waals surface area contributed by atoms with E-state index in [4.69, 9.17) is 0 Å². The third-order valence-electron chi connectivity index (χ3n) is 6.99. The fourth-order valence-electron chi connectivity index (χ4n) is 5.06. The van der Waals surface area contributed by atoms with Gasteiger partial charge >= 0.3 is 6.03 Å². The number of aromatic hydroxyl groups is 1. The molecule has 0 radical (unpaired) electrons. The predicted molar refractivity (Wildman–Crippen MR) is 164 cm³/mol. The average molecular weight is 542 g/mol. The molecule has 0 atom stereocenters. The van der Waals surface area contributed by atoms with Gasteiger partial charge in [0.1, 0.15) is 17.1 Å². The molecule has 2 heterocycles. The second-order valence-electron chi connectivity index (χ2n) is 11.0. The van der Waals surface area contributed by atoms with Gasteiger partial charge in [0, 0.05) is 29.4 Å².